The molecule has 1 fully saturated rings. The van der Waals surface area contributed by atoms with Crippen molar-refractivity contribution in [3.05, 3.63) is 35.9 Å². The molecule has 1 aromatic rings. The summed E-state index contributed by atoms with van der Waals surface area (Å²) in [4.78, 5) is 85.5. The number of nitrogens with two attached hydrogens (primary N) is 1. The second kappa shape index (κ2) is 23.6. The lowest BCUT2D eigenvalue weighted by Gasteiger charge is -2.41. The topological polar surface area (TPSA) is 209 Å². The van der Waals surface area contributed by atoms with Gasteiger partial charge in [-0.1, -0.05) is 85.2 Å². The maximum atomic E-state index is 14.4. The number of carbonyl (C=O) groups is 6. The van der Waals surface area contributed by atoms with Crippen molar-refractivity contribution in [1.82, 2.24) is 20.0 Å². The average molecular weight is 818 g/mol. The molecule has 1 aromatic carbocycles. The second-order valence-electron chi connectivity index (χ2n) is 16.6. The second-order valence-corrected chi connectivity index (χ2v) is 16.6. The molecule has 0 bridgehead atoms. The molecule has 0 radical (unpaired) electrons. The molecule has 1 heterocycles. The van der Waals surface area contributed by atoms with Crippen molar-refractivity contribution in [2.45, 2.75) is 129 Å². The van der Waals surface area contributed by atoms with Crippen LogP contribution >= 0.6 is 0 Å². The van der Waals surface area contributed by atoms with Crippen molar-refractivity contribution in [3.63, 3.8) is 0 Å². The predicted octanol–water partition coefficient (Wildman–Crippen LogP) is 2.75. The number of nitrogens with one attached hydrogen (secondary N) is 1. The van der Waals surface area contributed by atoms with E-state index < -0.39 is 78.6 Å². The highest BCUT2D eigenvalue weighted by Gasteiger charge is 2.44. The first-order valence-corrected chi connectivity index (χ1v) is 20.6. The van der Waals surface area contributed by atoms with Crippen LogP contribution in [0.5, 0.6) is 0 Å². The molecular weight excluding hydrogens is 746 g/mol. The number of Topliss-reactive ketones (excluding diaryl/α,β-unsaturated/α-hetero) is 1. The van der Waals surface area contributed by atoms with E-state index in [9.17, 15) is 39.0 Å². The minimum atomic E-state index is -1.19. The lowest BCUT2D eigenvalue weighted by atomic mass is 9.85. The van der Waals surface area contributed by atoms with Crippen molar-refractivity contribution in [3.8, 4) is 0 Å². The van der Waals surface area contributed by atoms with Crippen molar-refractivity contribution in [2.24, 2.45) is 35.3 Å². The summed E-state index contributed by atoms with van der Waals surface area (Å²) in [5.74, 6) is -5.45. The molecule has 15 heteroatoms. The van der Waals surface area contributed by atoms with Crippen molar-refractivity contribution in [2.75, 3.05) is 41.5 Å². The highest BCUT2D eigenvalue weighted by molar-refractivity contribution is 5.93. The molecule has 4 amide bonds. The number of ether oxygens (including phenoxy) is 2. The number of benzene rings is 1. The number of carbonyl (C=O) groups excluding carboxylic acids is 5. The van der Waals surface area contributed by atoms with E-state index in [1.807, 2.05) is 58.0 Å². The third kappa shape index (κ3) is 13.0. The number of amides is 4. The van der Waals surface area contributed by atoms with Gasteiger partial charge in [-0.2, -0.15) is 0 Å². The van der Waals surface area contributed by atoms with Crippen LogP contribution in [0.4, 0.5) is 0 Å². The molecule has 0 aromatic heterocycles. The molecule has 1 aliphatic rings. The molecule has 2 rings (SSSR count). The van der Waals surface area contributed by atoms with Gasteiger partial charge in [0, 0.05) is 47.2 Å². The Labute approximate surface area is 345 Å². The van der Waals surface area contributed by atoms with E-state index >= 15 is 0 Å². The van der Waals surface area contributed by atoms with Crippen molar-refractivity contribution in [1.29, 1.82) is 0 Å². The Hall–Kier alpha value is -3.92. The van der Waals surface area contributed by atoms with Crippen LogP contribution in [0.15, 0.2) is 30.3 Å². The summed E-state index contributed by atoms with van der Waals surface area (Å²) in [6.07, 6.45) is 0.519. The maximum absolute atomic E-state index is 14.4. The van der Waals surface area contributed by atoms with Gasteiger partial charge in [-0.05, 0) is 42.6 Å². The van der Waals surface area contributed by atoms with E-state index in [4.69, 9.17) is 15.2 Å². The van der Waals surface area contributed by atoms with Crippen LogP contribution in [0.2, 0.25) is 0 Å². The van der Waals surface area contributed by atoms with E-state index in [1.54, 1.807) is 37.6 Å². The zero-order valence-corrected chi connectivity index (χ0v) is 36.6. The van der Waals surface area contributed by atoms with Crippen LogP contribution in [0, 0.1) is 29.6 Å². The molecule has 0 unspecified atom stereocenters. The van der Waals surface area contributed by atoms with Crippen LogP contribution in [-0.4, -0.2) is 144 Å². The van der Waals surface area contributed by atoms with Crippen LogP contribution in [0.3, 0.4) is 0 Å². The van der Waals surface area contributed by atoms with Gasteiger partial charge in [0.2, 0.25) is 23.6 Å². The highest BCUT2D eigenvalue weighted by atomic mass is 16.5. The number of ketones is 1. The molecule has 1 saturated heterocycles. The largest absolute Gasteiger partial charge is 0.481 e. The van der Waals surface area contributed by atoms with E-state index in [2.05, 4.69) is 5.32 Å². The maximum Gasteiger partial charge on any atom is 0.307 e. The van der Waals surface area contributed by atoms with Gasteiger partial charge in [-0.3, -0.25) is 28.8 Å². The average Bonchev–Trinajstić information content (AvgIpc) is 3.68. The lowest BCUT2D eigenvalue weighted by Crippen LogP contribution is -2.61. The predicted molar refractivity (Wildman–Crippen MR) is 220 cm³/mol. The normalized spacial score (nSPS) is 19.0. The van der Waals surface area contributed by atoms with Crippen LogP contribution in [0.25, 0.3) is 0 Å². The number of methoxy groups -OCH3 is 2. The SMILES string of the molecule is CC[C@H](C)[C@@H]([C@@H](CC(=O)N1CCC[C@H]1[C@H](OC)[C@@H](C)C(=O)C[C@@H](Cc1ccccc1)C(=O)O)OC)N(C)C(=O)[C@@H](NC(=O)[C@H](C(C)C)N(C)C(=O)[C@@H](N)CO)C(C)C. The highest BCUT2D eigenvalue weighted by Crippen LogP contribution is 2.31. The Morgan fingerprint density at radius 1 is 0.914 bits per heavy atom. The Morgan fingerprint density at radius 3 is 2.03 bits per heavy atom. The fourth-order valence-corrected chi connectivity index (χ4v) is 8.29. The number of hydrogen-bond donors (Lipinski definition) is 4. The molecule has 328 valence electrons. The monoisotopic (exact) mass is 818 g/mol. The number of carboxylic acid groups (broad SMARTS) is 1. The minimum absolute atomic E-state index is 0.0668. The fraction of sp³-hybridized carbons (Fsp3) is 0.721. The number of aliphatic hydroxyl groups is 1. The summed E-state index contributed by atoms with van der Waals surface area (Å²) in [6.45, 7) is 12.7. The molecule has 10 atom stereocenters. The number of likely N-dealkylation sites (N-methyl/N-ethyl adjacent to an activating group) is 2. The molecule has 1 aliphatic heterocycles. The Bertz CT molecular complexity index is 1510. The van der Waals surface area contributed by atoms with Crippen LogP contribution in [0.1, 0.15) is 86.1 Å². The molecule has 5 N–H and O–H groups in total. The van der Waals surface area contributed by atoms with Crippen LogP contribution in [-0.2, 0) is 44.7 Å². The van der Waals surface area contributed by atoms with E-state index in [-0.39, 0.29) is 54.6 Å². The van der Waals surface area contributed by atoms with Gasteiger partial charge < -0.3 is 45.4 Å². The summed E-state index contributed by atoms with van der Waals surface area (Å²) in [7, 11) is 6.08. The number of rotatable bonds is 24. The van der Waals surface area contributed by atoms with Gasteiger partial charge in [-0.25, -0.2) is 0 Å². The molecule has 0 saturated carbocycles. The van der Waals surface area contributed by atoms with Gasteiger partial charge in [0.1, 0.15) is 23.9 Å². The first kappa shape index (κ1) is 50.2. The molecular formula is C43H71N5O10. The number of hydrogen-bond acceptors (Lipinski definition) is 10. The fourth-order valence-electron chi connectivity index (χ4n) is 8.29. The summed E-state index contributed by atoms with van der Waals surface area (Å²) in [5.41, 5.74) is 6.60. The Kier molecular flexibility index (Phi) is 20.4. The summed E-state index contributed by atoms with van der Waals surface area (Å²) in [5, 5.41) is 22.3. The first-order valence-electron chi connectivity index (χ1n) is 20.6. The standard InChI is InChI=1S/C43H71N5O10/c1-12-27(6)38(47(9)42(54)36(25(2)3)45-40(52)37(26(4)5)46(8)41(53)31(44)24-49)34(57-10)23-35(51)48-20-16-19-32(48)39(58-11)28(7)33(50)22-30(43(55)56)21-29-17-14-13-15-18-29/h13-15,17-18,25-28,30-32,34,36-39,49H,12,16,19-24,44H2,1-11H3,(H,45,52)(H,55,56)/t27-,28-,30+,31-,32-,34+,36-,37-,38-,39+/m0/s1. The Balaban J connectivity index is 2.30. The quantitative estimate of drug-likeness (QED) is 0.119. The number of nitrogens with zero attached hydrogens (tertiary/aromatic N) is 3. The van der Waals surface area contributed by atoms with E-state index in [0.29, 0.717) is 25.8 Å². The zero-order valence-electron chi connectivity index (χ0n) is 36.6. The van der Waals surface area contributed by atoms with E-state index in [0.717, 1.165) is 5.56 Å². The molecule has 58 heavy (non-hydrogen) atoms. The molecule has 0 spiro atoms. The van der Waals surface area contributed by atoms with Crippen molar-refractivity contribution >= 4 is 35.4 Å². The lowest BCUT2D eigenvalue weighted by molar-refractivity contribution is -0.149. The third-order valence-corrected chi connectivity index (χ3v) is 11.9. The Morgan fingerprint density at radius 2 is 1.53 bits per heavy atom. The molecule has 0 aliphatic carbocycles. The zero-order chi connectivity index (χ0) is 44.0. The smallest absolute Gasteiger partial charge is 0.307 e. The van der Waals surface area contributed by atoms with E-state index in [1.165, 1.54) is 26.2 Å². The number of likely N-dealkylation sites (tertiary alicyclic amines) is 1. The number of aliphatic carboxylic acids is 1. The minimum Gasteiger partial charge on any atom is -0.481 e. The summed E-state index contributed by atoms with van der Waals surface area (Å²) in [6, 6.07) is 5.04. The number of carboxylic acids is 1. The van der Waals surface area contributed by atoms with Gasteiger partial charge in [0.25, 0.3) is 0 Å². The van der Waals surface area contributed by atoms with Gasteiger partial charge in [0.15, 0.2) is 0 Å². The van der Waals surface area contributed by atoms with Gasteiger partial charge >= 0.3 is 5.97 Å². The summed E-state index contributed by atoms with van der Waals surface area (Å²) >= 11 is 0. The van der Waals surface area contributed by atoms with Crippen molar-refractivity contribution < 1.29 is 48.5 Å². The molecule has 15 nitrogen and oxygen atoms in total. The van der Waals surface area contributed by atoms with Gasteiger partial charge in [-0.15, -0.1) is 0 Å². The van der Waals surface area contributed by atoms with Gasteiger partial charge in [0.05, 0.1) is 43.2 Å². The summed E-state index contributed by atoms with van der Waals surface area (Å²) < 4.78 is 11.9. The number of aliphatic hydroxyl groups excluding tert-OH is 1. The van der Waals surface area contributed by atoms with Crippen LogP contribution < -0.4 is 11.1 Å². The first-order chi connectivity index (χ1) is 27.3. The third-order valence-electron chi connectivity index (χ3n) is 11.9.